The van der Waals surface area contributed by atoms with Gasteiger partial charge in [-0.3, -0.25) is 9.80 Å². The van der Waals surface area contributed by atoms with E-state index in [2.05, 4.69) is 22.0 Å². The SMILES string of the molecule is CCNC1CCOCC1N1CCN2CCCC2C1. The number of rotatable bonds is 3. The van der Waals surface area contributed by atoms with Gasteiger partial charge in [-0.25, -0.2) is 0 Å². The molecule has 0 spiro atoms. The number of hydrogen-bond acceptors (Lipinski definition) is 4. The maximum Gasteiger partial charge on any atom is 0.0637 e. The lowest BCUT2D eigenvalue weighted by atomic mass is 9.99. The van der Waals surface area contributed by atoms with Crippen molar-refractivity contribution in [1.29, 1.82) is 0 Å². The van der Waals surface area contributed by atoms with E-state index < -0.39 is 0 Å². The predicted octanol–water partition coefficient (Wildman–Crippen LogP) is 0.533. The monoisotopic (exact) mass is 253 g/mol. The molecule has 4 heteroatoms. The van der Waals surface area contributed by atoms with E-state index in [9.17, 15) is 0 Å². The Bertz CT molecular complexity index is 272. The van der Waals surface area contributed by atoms with E-state index in [1.165, 1.54) is 45.4 Å². The molecular weight excluding hydrogens is 226 g/mol. The van der Waals surface area contributed by atoms with Gasteiger partial charge in [0.15, 0.2) is 0 Å². The van der Waals surface area contributed by atoms with Crippen molar-refractivity contribution in [3.8, 4) is 0 Å². The van der Waals surface area contributed by atoms with Crippen LogP contribution < -0.4 is 5.32 Å². The van der Waals surface area contributed by atoms with Gasteiger partial charge in [0.2, 0.25) is 0 Å². The summed E-state index contributed by atoms with van der Waals surface area (Å²) in [5, 5.41) is 3.66. The van der Waals surface area contributed by atoms with Gasteiger partial charge in [-0.1, -0.05) is 6.92 Å². The van der Waals surface area contributed by atoms with Crippen molar-refractivity contribution >= 4 is 0 Å². The van der Waals surface area contributed by atoms with Crippen molar-refractivity contribution in [2.75, 3.05) is 45.9 Å². The number of fused-ring (bicyclic) bond motifs is 1. The Morgan fingerprint density at radius 1 is 1.17 bits per heavy atom. The quantitative estimate of drug-likeness (QED) is 0.794. The highest BCUT2D eigenvalue weighted by Crippen LogP contribution is 2.25. The summed E-state index contributed by atoms with van der Waals surface area (Å²) in [5.74, 6) is 0. The molecule has 0 amide bonds. The van der Waals surface area contributed by atoms with Crippen molar-refractivity contribution in [3.63, 3.8) is 0 Å². The number of nitrogens with zero attached hydrogens (tertiary/aromatic N) is 2. The van der Waals surface area contributed by atoms with E-state index in [-0.39, 0.29) is 0 Å². The van der Waals surface area contributed by atoms with Crippen molar-refractivity contribution in [2.45, 2.75) is 44.3 Å². The molecule has 3 unspecified atom stereocenters. The summed E-state index contributed by atoms with van der Waals surface area (Å²) in [6, 6.07) is 2.06. The fourth-order valence-corrected chi connectivity index (χ4v) is 3.90. The fraction of sp³-hybridized carbons (Fsp3) is 1.00. The average Bonchev–Trinajstić information content (AvgIpc) is 2.87. The van der Waals surface area contributed by atoms with Gasteiger partial charge in [-0.15, -0.1) is 0 Å². The Morgan fingerprint density at radius 3 is 2.94 bits per heavy atom. The molecule has 0 aromatic rings. The van der Waals surface area contributed by atoms with E-state index >= 15 is 0 Å². The lowest BCUT2D eigenvalue weighted by Crippen LogP contribution is -2.61. The number of ether oxygens (including phenoxy) is 1. The highest BCUT2D eigenvalue weighted by atomic mass is 16.5. The summed E-state index contributed by atoms with van der Waals surface area (Å²) in [6.07, 6.45) is 3.97. The molecule has 3 aliphatic heterocycles. The van der Waals surface area contributed by atoms with E-state index in [4.69, 9.17) is 4.74 Å². The topological polar surface area (TPSA) is 27.7 Å². The Hall–Kier alpha value is -0.160. The molecule has 3 saturated heterocycles. The minimum Gasteiger partial charge on any atom is -0.380 e. The van der Waals surface area contributed by atoms with Crippen LogP contribution in [0, 0.1) is 0 Å². The normalized spacial score (nSPS) is 38.8. The highest BCUT2D eigenvalue weighted by molar-refractivity contribution is 4.94. The van der Waals surface area contributed by atoms with Crippen LogP contribution in [-0.2, 0) is 4.74 Å². The van der Waals surface area contributed by atoms with Gasteiger partial charge in [-0.05, 0) is 32.4 Å². The third kappa shape index (κ3) is 2.57. The van der Waals surface area contributed by atoms with Crippen LogP contribution in [0.15, 0.2) is 0 Å². The highest BCUT2D eigenvalue weighted by Gasteiger charge is 2.37. The van der Waals surface area contributed by atoms with E-state index in [0.29, 0.717) is 12.1 Å². The van der Waals surface area contributed by atoms with Gasteiger partial charge < -0.3 is 10.1 Å². The van der Waals surface area contributed by atoms with Gasteiger partial charge in [0, 0.05) is 44.4 Å². The van der Waals surface area contributed by atoms with Crippen molar-refractivity contribution < 1.29 is 4.74 Å². The molecule has 0 radical (unpaired) electrons. The van der Waals surface area contributed by atoms with Crippen molar-refractivity contribution in [3.05, 3.63) is 0 Å². The van der Waals surface area contributed by atoms with Crippen LogP contribution in [0.5, 0.6) is 0 Å². The number of piperazine rings is 1. The summed E-state index contributed by atoms with van der Waals surface area (Å²) in [4.78, 5) is 5.38. The van der Waals surface area contributed by atoms with Crippen LogP contribution in [-0.4, -0.2) is 73.9 Å². The van der Waals surface area contributed by atoms with Crippen LogP contribution in [0.1, 0.15) is 26.2 Å². The molecule has 0 aromatic heterocycles. The fourth-order valence-electron chi connectivity index (χ4n) is 3.90. The second kappa shape index (κ2) is 5.87. The molecule has 3 aliphatic rings. The molecule has 0 saturated carbocycles. The van der Waals surface area contributed by atoms with Crippen LogP contribution in [0.2, 0.25) is 0 Å². The number of likely N-dealkylation sites (N-methyl/N-ethyl adjacent to an activating group) is 1. The molecule has 4 nitrogen and oxygen atoms in total. The lowest BCUT2D eigenvalue weighted by Gasteiger charge is -2.45. The average molecular weight is 253 g/mol. The second-order valence-corrected chi connectivity index (χ2v) is 5.92. The summed E-state index contributed by atoms with van der Waals surface area (Å²) in [6.45, 7) is 10.2. The Labute approximate surface area is 111 Å². The van der Waals surface area contributed by atoms with Gasteiger partial charge in [0.25, 0.3) is 0 Å². The van der Waals surface area contributed by atoms with Crippen LogP contribution >= 0.6 is 0 Å². The minimum atomic E-state index is 0.599. The first-order valence-electron chi connectivity index (χ1n) is 7.67. The minimum absolute atomic E-state index is 0.599. The first kappa shape index (κ1) is 12.9. The summed E-state index contributed by atoms with van der Waals surface area (Å²) in [7, 11) is 0. The second-order valence-electron chi connectivity index (χ2n) is 5.92. The molecule has 104 valence electrons. The summed E-state index contributed by atoms with van der Waals surface area (Å²) < 4.78 is 5.73. The molecule has 3 atom stereocenters. The Kier molecular flexibility index (Phi) is 4.19. The molecule has 0 bridgehead atoms. The number of nitrogens with one attached hydrogen (secondary N) is 1. The van der Waals surface area contributed by atoms with E-state index in [0.717, 1.165) is 25.8 Å². The van der Waals surface area contributed by atoms with Crippen LogP contribution in [0.3, 0.4) is 0 Å². The first-order valence-corrected chi connectivity index (χ1v) is 7.67. The van der Waals surface area contributed by atoms with E-state index in [1.54, 1.807) is 0 Å². The van der Waals surface area contributed by atoms with E-state index in [1.807, 2.05) is 0 Å². The molecule has 0 aliphatic carbocycles. The number of hydrogen-bond donors (Lipinski definition) is 1. The molecule has 3 rings (SSSR count). The molecule has 1 N–H and O–H groups in total. The predicted molar refractivity (Wildman–Crippen MR) is 72.9 cm³/mol. The smallest absolute Gasteiger partial charge is 0.0637 e. The zero-order valence-corrected chi connectivity index (χ0v) is 11.6. The summed E-state index contributed by atoms with van der Waals surface area (Å²) >= 11 is 0. The molecule has 3 fully saturated rings. The maximum absolute atomic E-state index is 5.73. The molecule has 0 aromatic carbocycles. The van der Waals surface area contributed by atoms with Gasteiger partial charge >= 0.3 is 0 Å². The molecule has 18 heavy (non-hydrogen) atoms. The standard InChI is InChI=1S/C14H27N3O/c1-2-15-13-5-9-18-11-14(13)17-8-7-16-6-3-4-12(16)10-17/h12-15H,2-11H2,1H3. The molecule has 3 heterocycles. The van der Waals surface area contributed by atoms with Gasteiger partial charge in [0.05, 0.1) is 6.61 Å². The van der Waals surface area contributed by atoms with Crippen molar-refractivity contribution in [1.82, 2.24) is 15.1 Å². The van der Waals surface area contributed by atoms with Crippen LogP contribution in [0.4, 0.5) is 0 Å². The zero-order valence-electron chi connectivity index (χ0n) is 11.6. The van der Waals surface area contributed by atoms with Gasteiger partial charge in [0.1, 0.15) is 0 Å². The third-order valence-electron chi connectivity index (χ3n) is 4.88. The Morgan fingerprint density at radius 2 is 2.06 bits per heavy atom. The third-order valence-corrected chi connectivity index (χ3v) is 4.88. The maximum atomic E-state index is 5.73. The molecular formula is C14H27N3O. The van der Waals surface area contributed by atoms with Gasteiger partial charge in [-0.2, -0.15) is 0 Å². The van der Waals surface area contributed by atoms with Crippen LogP contribution in [0.25, 0.3) is 0 Å². The zero-order chi connectivity index (χ0) is 12.4. The largest absolute Gasteiger partial charge is 0.380 e. The first-order chi connectivity index (χ1) is 8.88. The van der Waals surface area contributed by atoms with Crippen molar-refractivity contribution in [2.24, 2.45) is 0 Å². The lowest BCUT2D eigenvalue weighted by molar-refractivity contribution is -0.0272. The Balaban J connectivity index is 1.61. The summed E-state index contributed by atoms with van der Waals surface area (Å²) in [5.41, 5.74) is 0.